The minimum Gasteiger partial charge on any atom is -0.268 e. The second-order valence-electron chi connectivity index (χ2n) is 7.75. The first-order valence-electron chi connectivity index (χ1n) is 10.4. The fraction of sp³-hybridized carbons (Fsp3) is 0.208. The average molecular weight is 481 g/mol. The van der Waals surface area contributed by atoms with Gasteiger partial charge in [-0.25, -0.2) is 22.8 Å². The van der Waals surface area contributed by atoms with Crippen molar-refractivity contribution >= 4 is 21.4 Å². The van der Waals surface area contributed by atoms with Crippen LogP contribution in [-0.2, 0) is 16.6 Å². The van der Waals surface area contributed by atoms with E-state index in [1.54, 1.807) is 25.1 Å². The van der Waals surface area contributed by atoms with Crippen molar-refractivity contribution in [3.05, 3.63) is 87.8 Å². The molecular formula is C24H24N4O3S2. The Hall–Kier alpha value is -3.14. The summed E-state index contributed by atoms with van der Waals surface area (Å²) in [6.45, 7) is 5.74. The molecule has 0 atom stereocenters. The molecular weight excluding hydrogens is 456 g/mol. The van der Waals surface area contributed by atoms with Crippen molar-refractivity contribution in [2.24, 2.45) is 0 Å². The molecule has 0 fully saturated rings. The lowest BCUT2D eigenvalue weighted by Gasteiger charge is -2.11. The van der Waals surface area contributed by atoms with Crippen LogP contribution in [0.25, 0.3) is 21.1 Å². The summed E-state index contributed by atoms with van der Waals surface area (Å²) >= 11 is 1.51. The molecule has 1 N–H and O–H groups in total. The number of rotatable bonds is 7. The van der Waals surface area contributed by atoms with Crippen LogP contribution in [0.3, 0.4) is 0 Å². The highest BCUT2D eigenvalue weighted by molar-refractivity contribution is 7.89. The first-order chi connectivity index (χ1) is 15.7. The summed E-state index contributed by atoms with van der Waals surface area (Å²) in [5.74, 6) is 0. The van der Waals surface area contributed by atoms with Gasteiger partial charge in [0.25, 0.3) is 5.56 Å². The third kappa shape index (κ3) is 5.11. The monoisotopic (exact) mass is 480 g/mol. The molecule has 0 amide bonds. The van der Waals surface area contributed by atoms with Gasteiger partial charge in [-0.2, -0.15) is 5.10 Å². The van der Waals surface area contributed by atoms with Crippen molar-refractivity contribution in [3.63, 3.8) is 0 Å². The molecule has 0 spiro atoms. The maximum absolute atomic E-state index is 12.7. The van der Waals surface area contributed by atoms with Gasteiger partial charge in [-0.3, -0.25) is 4.79 Å². The van der Waals surface area contributed by atoms with E-state index in [4.69, 9.17) is 0 Å². The van der Waals surface area contributed by atoms with Gasteiger partial charge >= 0.3 is 0 Å². The fourth-order valence-corrected chi connectivity index (χ4v) is 5.82. The lowest BCUT2D eigenvalue weighted by molar-refractivity contribution is 0.548. The molecule has 170 valence electrons. The lowest BCUT2D eigenvalue weighted by Crippen LogP contribution is -2.32. The third-order valence-corrected chi connectivity index (χ3v) is 8.00. The van der Waals surface area contributed by atoms with Crippen molar-refractivity contribution < 1.29 is 8.42 Å². The molecule has 2 heterocycles. The molecule has 0 aliphatic rings. The maximum Gasteiger partial charge on any atom is 0.266 e. The summed E-state index contributed by atoms with van der Waals surface area (Å²) in [4.78, 5) is 18.1. The average Bonchev–Trinajstić information content (AvgIpc) is 3.17. The quantitative estimate of drug-likeness (QED) is 0.432. The van der Waals surface area contributed by atoms with Crippen molar-refractivity contribution in [1.82, 2.24) is 19.5 Å². The molecule has 2 aromatic heterocycles. The number of aryl methyl sites for hydroxylation is 3. The Morgan fingerprint density at radius 2 is 1.76 bits per heavy atom. The van der Waals surface area contributed by atoms with E-state index < -0.39 is 10.0 Å². The predicted molar refractivity (Wildman–Crippen MR) is 131 cm³/mol. The van der Waals surface area contributed by atoms with Gasteiger partial charge in [0.05, 0.1) is 22.0 Å². The molecule has 0 saturated heterocycles. The number of aromatic nitrogens is 3. The van der Waals surface area contributed by atoms with Crippen LogP contribution in [0.1, 0.15) is 16.8 Å². The molecule has 0 aliphatic heterocycles. The molecule has 7 nitrogen and oxygen atoms in total. The standard InChI is InChI=1S/C24H24N4O3S2/c1-16-9-11-21(17(2)15-16)33(30,31)25-13-14-28-22(29)12-10-20(27-28)23-18(3)26-24(32-23)19-7-5-4-6-8-19/h4-12,15,25H,13-14H2,1-3H3. The summed E-state index contributed by atoms with van der Waals surface area (Å²) in [6.07, 6.45) is 0. The van der Waals surface area contributed by atoms with Crippen molar-refractivity contribution in [1.29, 1.82) is 0 Å². The van der Waals surface area contributed by atoms with E-state index in [0.717, 1.165) is 26.7 Å². The zero-order valence-electron chi connectivity index (χ0n) is 18.6. The van der Waals surface area contributed by atoms with Crippen LogP contribution in [0.15, 0.2) is 70.4 Å². The predicted octanol–water partition coefficient (Wildman–Crippen LogP) is 3.94. The van der Waals surface area contributed by atoms with Crippen LogP contribution in [0.5, 0.6) is 0 Å². The molecule has 4 rings (SSSR count). The Morgan fingerprint density at radius 1 is 1.00 bits per heavy atom. The lowest BCUT2D eigenvalue weighted by atomic mass is 10.2. The van der Waals surface area contributed by atoms with Crippen LogP contribution in [0.4, 0.5) is 0 Å². The highest BCUT2D eigenvalue weighted by Crippen LogP contribution is 2.33. The number of hydrogen-bond donors (Lipinski definition) is 1. The Balaban J connectivity index is 1.53. The molecule has 0 unspecified atom stereocenters. The summed E-state index contributed by atoms with van der Waals surface area (Å²) < 4.78 is 29.2. The normalized spacial score (nSPS) is 11.6. The maximum atomic E-state index is 12.7. The van der Waals surface area contributed by atoms with E-state index in [0.29, 0.717) is 11.3 Å². The number of thiazole rings is 1. The van der Waals surface area contributed by atoms with Gasteiger partial charge in [-0.05, 0) is 38.5 Å². The van der Waals surface area contributed by atoms with E-state index >= 15 is 0 Å². The van der Waals surface area contributed by atoms with E-state index in [2.05, 4.69) is 14.8 Å². The van der Waals surface area contributed by atoms with Gasteiger partial charge in [0.1, 0.15) is 10.7 Å². The third-order valence-electron chi connectivity index (χ3n) is 5.15. The van der Waals surface area contributed by atoms with Gasteiger partial charge < -0.3 is 0 Å². The van der Waals surface area contributed by atoms with E-state index in [1.807, 2.05) is 50.2 Å². The summed E-state index contributed by atoms with van der Waals surface area (Å²) in [7, 11) is -3.69. The summed E-state index contributed by atoms with van der Waals surface area (Å²) in [5, 5.41) is 5.35. The molecule has 0 aliphatic carbocycles. The molecule has 33 heavy (non-hydrogen) atoms. The van der Waals surface area contributed by atoms with Crippen molar-refractivity contribution in [2.45, 2.75) is 32.2 Å². The van der Waals surface area contributed by atoms with Crippen LogP contribution in [0.2, 0.25) is 0 Å². The smallest absolute Gasteiger partial charge is 0.266 e. The number of benzene rings is 2. The molecule has 2 aromatic carbocycles. The first-order valence-corrected chi connectivity index (χ1v) is 12.7. The van der Waals surface area contributed by atoms with Crippen molar-refractivity contribution in [3.8, 4) is 21.1 Å². The van der Waals surface area contributed by atoms with Gasteiger partial charge in [0, 0.05) is 18.2 Å². The highest BCUT2D eigenvalue weighted by Gasteiger charge is 2.17. The van der Waals surface area contributed by atoms with Crippen LogP contribution in [-0.4, -0.2) is 29.7 Å². The van der Waals surface area contributed by atoms with Crippen LogP contribution in [0, 0.1) is 20.8 Å². The topological polar surface area (TPSA) is 93.9 Å². The van der Waals surface area contributed by atoms with Crippen LogP contribution >= 0.6 is 11.3 Å². The Labute approximate surface area is 196 Å². The first kappa shape index (κ1) is 23.0. The SMILES string of the molecule is Cc1ccc(S(=O)(=O)NCCn2nc(-c3sc(-c4ccccc4)nc3C)ccc2=O)c(C)c1. The summed E-state index contributed by atoms with van der Waals surface area (Å²) in [6, 6.07) is 18.2. The fourth-order valence-electron chi connectivity index (χ4n) is 3.53. The van der Waals surface area contributed by atoms with Gasteiger partial charge in [-0.1, -0.05) is 48.0 Å². The zero-order valence-corrected chi connectivity index (χ0v) is 20.2. The largest absolute Gasteiger partial charge is 0.268 e. The number of nitrogens with zero attached hydrogens (tertiary/aromatic N) is 3. The molecule has 9 heteroatoms. The van der Waals surface area contributed by atoms with Gasteiger partial charge in [0.15, 0.2) is 0 Å². The Kier molecular flexibility index (Phi) is 6.55. The number of hydrogen-bond acceptors (Lipinski definition) is 6. The second kappa shape index (κ2) is 9.38. The summed E-state index contributed by atoms with van der Waals surface area (Å²) in [5.41, 5.74) is 3.85. The number of nitrogens with one attached hydrogen (secondary N) is 1. The molecule has 0 bridgehead atoms. The Bertz CT molecular complexity index is 1460. The molecule has 0 radical (unpaired) electrons. The van der Waals surface area contributed by atoms with E-state index in [-0.39, 0.29) is 23.5 Å². The minimum atomic E-state index is -3.69. The Morgan fingerprint density at radius 3 is 2.48 bits per heavy atom. The zero-order chi connectivity index (χ0) is 23.6. The molecule has 4 aromatic rings. The van der Waals surface area contributed by atoms with E-state index in [9.17, 15) is 13.2 Å². The second-order valence-corrected chi connectivity index (χ2v) is 10.5. The highest BCUT2D eigenvalue weighted by atomic mass is 32.2. The van der Waals surface area contributed by atoms with Gasteiger partial charge in [0.2, 0.25) is 10.0 Å². The molecule has 0 saturated carbocycles. The van der Waals surface area contributed by atoms with Crippen molar-refractivity contribution in [2.75, 3.05) is 6.54 Å². The number of sulfonamides is 1. The minimum absolute atomic E-state index is 0.0446. The van der Waals surface area contributed by atoms with E-state index in [1.165, 1.54) is 22.1 Å². The van der Waals surface area contributed by atoms with Gasteiger partial charge in [-0.15, -0.1) is 11.3 Å². The van der Waals surface area contributed by atoms with Crippen LogP contribution < -0.4 is 10.3 Å².